The Hall–Kier alpha value is -3.62. The average molecular weight is 343 g/mol. The Bertz CT molecular complexity index is 852. The lowest BCUT2D eigenvalue weighted by Crippen LogP contribution is -2.41. The summed E-state index contributed by atoms with van der Waals surface area (Å²) < 4.78 is 10.7. The summed E-state index contributed by atoms with van der Waals surface area (Å²) in [6.07, 6.45) is 0. The minimum atomic E-state index is -0.793. The summed E-state index contributed by atoms with van der Waals surface area (Å²) >= 11 is 0. The molecule has 0 fully saturated rings. The Labute approximate surface area is 141 Å². The summed E-state index contributed by atoms with van der Waals surface area (Å²) in [5, 5.41) is 10.9. The van der Waals surface area contributed by atoms with Gasteiger partial charge in [-0.15, -0.1) is 0 Å². The molecule has 128 valence electrons. The molecule has 2 amide bonds. The molecule has 0 unspecified atom stereocenters. The van der Waals surface area contributed by atoms with Crippen LogP contribution in [0.15, 0.2) is 42.5 Å². The van der Waals surface area contributed by atoms with Crippen molar-refractivity contribution >= 4 is 17.5 Å². The zero-order chi connectivity index (χ0) is 17.8. The number of ether oxygens (including phenoxy) is 2. The van der Waals surface area contributed by atoms with Gasteiger partial charge in [-0.25, -0.2) is 0 Å². The fourth-order valence-electron chi connectivity index (χ4n) is 2.26. The fraction of sp³-hybridized carbons (Fsp3) is 0.125. The third-order valence-corrected chi connectivity index (χ3v) is 3.44. The first-order chi connectivity index (χ1) is 12.1. The number of nitrogens with zero attached hydrogens (tertiary/aromatic N) is 1. The normalized spacial score (nSPS) is 12.2. The van der Waals surface area contributed by atoms with Crippen LogP contribution in [0.4, 0.5) is 5.69 Å². The number of carbonyl (C=O) groups is 2. The number of hydrogen-bond donors (Lipinski definition) is 2. The van der Waals surface area contributed by atoms with Gasteiger partial charge in [0, 0.05) is 11.6 Å². The van der Waals surface area contributed by atoms with E-state index in [4.69, 9.17) is 9.47 Å². The first kappa shape index (κ1) is 16.2. The van der Waals surface area contributed by atoms with Gasteiger partial charge in [-0.2, -0.15) is 0 Å². The molecule has 0 atom stereocenters. The number of nitro groups is 1. The SMILES string of the molecule is O=C(NNC(=O)c1ccccc1[N+](=O)[O-])c1ccc2c(c1)OCCO2. The molecule has 0 bridgehead atoms. The molecular weight excluding hydrogens is 330 g/mol. The molecule has 25 heavy (non-hydrogen) atoms. The molecule has 0 aromatic heterocycles. The molecule has 0 saturated heterocycles. The summed E-state index contributed by atoms with van der Waals surface area (Å²) in [6, 6.07) is 10.0. The van der Waals surface area contributed by atoms with Crippen molar-refractivity contribution in [2.45, 2.75) is 0 Å². The average Bonchev–Trinajstić information content (AvgIpc) is 2.65. The van der Waals surface area contributed by atoms with Crippen LogP contribution in [-0.2, 0) is 0 Å². The van der Waals surface area contributed by atoms with Gasteiger partial charge in [-0.05, 0) is 24.3 Å². The van der Waals surface area contributed by atoms with E-state index >= 15 is 0 Å². The standard InChI is InChI=1S/C16H13N3O6/c20-15(10-5-6-13-14(9-10)25-8-7-24-13)17-18-16(21)11-3-1-2-4-12(11)19(22)23/h1-6,9H,7-8H2,(H,17,20)(H,18,21). The summed E-state index contributed by atoms with van der Waals surface area (Å²) in [7, 11) is 0. The maximum Gasteiger partial charge on any atom is 0.282 e. The minimum Gasteiger partial charge on any atom is -0.486 e. The Morgan fingerprint density at radius 2 is 1.64 bits per heavy atom. The van der Waals surface area contributed by atoms with Crippen molar-refractivity contribution in [2.75, 3.05) is 13.2 Å². The zero-order valence-electron chi connectivity index (χ0n) is 12.9. The molecule has 2 N–H and O–H groups in total. The van der Waals surface area contributed by atoms with Crippen LogP contribution in [0.1, 0.15) is 20.7 Å². The van der Waals surface area contributed by atoms with E-state index in [2.05, 4.69) is 10.9 Å². The topological polar surface area (TPSA) is 120 Å². The van der Waals surface area contributed by atoms with Crippen LogP contribution in [-0.4, -0.2) is 30.0 Å². The quantitative estimate of drug-likeness (QED) is 0.643. The molecular formula is C16H13N3O6. The van der Waals surface area contributed by atoms with E-state index in [0.717, 1.165) is 0 Å². The molecule has 9 heteroatoms. The van der Waals surface area contributed by atoms with Gasteiger partial charge < -0.3 is 9.47 Å². The van der Waals surface area contributed by atoms with Crippen molar-refractivity contribution in [2.24, 2.45) is 0 Å². The smallest absolute Gasteiger partial charge is 0.282 e. The van der Waals surface area contributed by atoms with Crippen molar-refractivity contribution in [3.05, 3.63) is 63.7 Å². The Kier molecular flexibility index (Phi) is 4.46. The second-order valence-corrected chi connectivity index (χ2v) is 5.04. The van der Waals surface area contributed by atoms with Crippen molar-refractivity contribution in [1.82, 2.24) is 10.9 Å². The van der Waals surface area contributed by atoms with Crippen molar-refractivity contribution in [3.63, 3.8) is 0 Å². The molecule has 1 aliphatic rings. The molecule has 0 radical (unpaired) electrons. The number of carbonyl (C=O) groups excluding carboxylic acids is 2. The third kappa shape index (κ3) is 3.50. The lowest BCUT2D eigenvalue weighted by atomic mass is 10.1. The van der Waals surface area contributed by atoms with Crippen molar-refractivity contribution in [3.8, 4) is 11.5 Å². The highest BCUT2D eigenvalue weighted by Crippen LogP contribution is 2.30. The summed E-state index contributed by atoms with van der Waals surface area (Å²) in [5.41, 5.74) is 4.10. The molecule has 0 spiro atoms. The fourth-order valence-corrected chi connectivity index (χ4v) is 2.26. The van der Waals surface area contributed by atoms with E-state index in [1.165, 1.54) is 36.4 Å². The summed E-state index contributed by atoms with van der Waals surface area (Å²) in [6.45, 7) is 0.816. The number of nitrogens with one attached hydrogen (secondary N) is 2. The van der Waals surface area contributed by atoms with Crippen LogP contribution in [0.25, 0.3) is 0 Å². The number of hydrogen-bond acceptors (Lipinski definition) is 6. The van der Waals surface area contributed by atoms with Crippen LogP contribution >= 0.6 is 0 Å². The van der Waals surface area contributed by atoms with Gasteiger partial charge in [-0.1, -0.05) is 12.1 Å². The Balaban J connectivity index is 1.68. The number of fused-ring (bicyclic) bond motifs is 1. The number of hydrazine groups is 1. The van der Waals surface area contributed by atoms with E-state index in [0.29, 0.717) is 24.7 Å². The van der Waals surface area contributed by atoms with Crippen LogP contribution in [0.3, 0.4) is 0 Å². The van der Waals surface area contributed by atoms with Crippen LogP contribution < -0.4 is 20.3 Å². The molecule has 2 aromatic carbocycles. The third-order valence-electron chi connectivity index (χ3n) is 3.44. The van der Waals surface area contributed by atoms with Crippen LogP contribution in [0.5, 0.6) is 11.5 Å². The second-order valence-electron chi connectivity index (χ2n) is 5.04. The van der Waals surface area contributed by atoms with Gasteiger partial charge in [-0.3, -0.25) is 30.6 Å². The molecule has 9 nitrogen and oxygen atoms in total. The number of rotatable bonds is 3. The largest absolute Gasteiger partial charge is 0.486 e. The number of benzene rings is 2. The first-order valence-electron chi connectivity index (χ1n) is 7.30. The lowest BCUT2D eigenvalue weighted by molar-refractivity contribution is -0.385. The molecule has 1 aliphatic heterocycles. The van der Waals surface area contributed by atoms with Crippen LogP contribution in [0.2, 0.25) is 0 Å². The maximum absolute atomic E-state index is 12.1. The predicted molar refractivity (Wildman–Crippen MR) is 85.5 cm³/mol. The molecule has 1 heterocycles. The van der Waals surface area contributed by atoms with Gasteiger partial charge >= 0.3 is 0 Å². The summed E-state index contributed by atoms with van der Waals surface area (Å²) in [5.74, 6) is -0.419. The summed E-state index contributed by atoms with van der Waals surface area (Å²) in [4.78, 5) is 34.5. The highest BCUT2D eigenvalue weighted by molar-refractivity contribution is 6.01. The Morgan fingerprint density at radius 1 is 0.960 bits per heavy atom. The molecule has 2 aromatic rings. The van der Waals surface area contributed by atoms with Gasteiger partial charge in [0.25, 0.3) is 17.5 Å². The van der Waals surface area contributed by atoms with E-state index in [-0.39, 0.29) is 16.8 Å². The lowest BCUT2D eigenvalue weighted by Gasteiger charge is -2.18. The van der Waals surface area contributed by atoms with Crippen molar-refractivity contribution < 1.29 is 24.0 Å². The molecule has 3 rings (SSSR count). The van der Waals surface area contributed by atoms with Crippen molar-refractivity contribution in [1.29, 1.82) is 0 Å². The van der Waals surface area contributed by atoms with Gasteiger partial charge in [0.2, 0.25) is 0 Å². The first-order valence-corrected chi connectivity index (χ1v) is 7.30. The maximum atomic E-state index is 12.1. The second kappa shape index (κ2) is 6.87. The monoisotopic (exact) mass is 343 g/mol. The Morgan fingerprint density at radius 3 is 2.40 bits per heavy atom. The highest BCUT2D eigenvalue weighted by Gasteiger charge is 2.20. The van der Waals surface area contributed by atoms with E-state index in [1.807, 2.05) is 0 Å². The van der Waals surface area contributed by atoms with E-state index < -0.39 is 16.7 Å². The number of amides is 2. The van der Waals surface area contributed by atoms with Gasteiger partial charge in [0.05, 0.1) is 4.92 Å². The zero-order valence-corrected chi connectivity index (χ0v) is 12.9. The highest BCUT2D eigenvalue weighted by atomic mass is 16.6. The number of nitro benzene ring substituents is 1. The van der Waals surface area contributed by atoms with E-state index in [9.17, 15) is 19.7 Å². The van der Waals surface area contributed by atoms with Gasteiger partial charge in [0.15, 0.2) is 11.5 Å². The minimum absolute atomic E-state index is 0.157. The predicted octanol–water partition coefficient (Wildman–Crippen LogP) is 1.44. The van der Waals surface area contributed by atoms with E-state index in [1.54, 1.807) is 6.07 Å². The van der Waals surface area contributed by atoms with Crippen LogP contribution in [0, 0.1) is 10.1 Å². The number of para-hydroxylation sites is 1. The molecule has 0 aliphatic carbocycles. The molecule has 0 saturated carbocycles. The van der Waals surface area contributed by atoms with Gasteiger partial charge in [0.1, 0.15) is 18.8 Å².